The summed E-state index contributed by atoms with van der Waals surface area (Å²) in [7, 11) is 0. The van der Waals surface area contributed by atoms with Gasteiger partial charge in [-0.2, -0.15) is 0 Å². The van der Waals surface area contributed by atoms with Crippen LogP contribution in [0.15, 0.2) is 53.9 Å². The Kier molecular flexibility index (Phi) is 3.39. The van der Waals surface area contributed by atoms with Crippen molar-refractivity contribution in [3.05, 3.63) is 64.4 Å². The lowest BCUT2D eigenvalue weighted by molar-refractivity contribution is 0.0481. The summed E-state index contributed by atoms with van der Waals surface area (Å²) in [6.07, 6.45) is 0. The first-order valence-electron chi connectivity index (χ1n) is 6.22. The van der Waals surface area contributed by atoms with Gasteiger partial charge in [0.15, 0.2) is 0 Å². The molecule has 0 saturated heterocycles. The molecule has 20 heavy (non-hydrogen) atoms. The molecule has 0 aliphatic rings. The van der Waals surface area contributed by atoms with Crippen molar-refractivity contribution in [1.82, 2.24) is 0 Å². The van der Waals surface area contributed by atoms with Gasteiger partial charge in [0.1, 0.15) is 11.5 Å². The average Bonchev–Trinajstić information content (AvgIpc) is 2.91. The fourth-order valence-corrected chi connectivity index (χ4v) is 2.82. The lowest BCUT2D eigenvalue weighted by Gasteiger charge is -2.07. The number of rotatable bonds is 3. The van der Waals surface area contributed by atoms with E-state index in [4.69, 9.17) is 10.5 Å². The van der Waals surface area contributed by atoms with Crippen molar-refractivity contribution in [1.29, 1.82) is 0 Å². The van der Waals surface area contributed by atoms with E-state index in [2.05, 4.69) is 0 Å². The van der Waals surface area contributed by atoms with Gasteiger partial charge < -0.3 is 10.5 Å². The number of nitrogens with two attached hydrogens (primary N) is 1. The Hall–Kier alpha value is -2.33. The standard InChI is InChI=1S/C16H13NO2S/c17-14-8-9-20-15(14)16(18)19-10-12-6-3-5-11-4-1-2-7-13(11)12/h1-9H,10,17H2. The summed E-state index contributed by atoms with van der Waals surface area (Å²) in [5, 5.41) is 4.02. The molecule has 0 atom stereocenters. The third-order valence-electron chi connectivity index (χ3n) is 3.12. The minimum atomic E-state index is -0.370. The second-order valence-electron chi connectivity index (χ2n) is 4.42. The molecule has 0 bridgehead atoms. The van der Waals surface area contributed by atoms with Crippen LogP contribution in [0.4, 0.5) is 5.69 Å². The highest BCUT2D eigenvalue weighted by atomic mass is 32.1. The van der Waals surface area contributed by atoms with Crippen LogP contribution in [-0.2, 0) is 11.3 Å². The lowest BCUT2D eigenvalue weighted by Crippen LogP contribution is -2.05. The van der Waals surface area contributed by atoms with Gasteiger partial charge in [-0.15, -0.1) is 11.3 Å². The first-order chi connectivity index (χ1) is 9.75. The van der Waals surface area contributed by atoms with Crippen LogP contribution >= 0.6 is 11.3 Å². The van der Waals surface area contributed by atoms with Gasteiger partial charge in [-0.3, -0.25) is 0 Å². The lowest BCUT2D eigenvalue weighted by atomic mass is 10.1. The maximum absolute atomic E-state index is 11.9. The molecule has 0 spiro atoms. The molecule has 2 aromatic carbocycles. The second kappa shape index (κ2) is 5.35. The number of anilines is 1. The molecule has 1 aromatic heterocycles. The fraction of sp³-hybridized carbons (Fsp3) is 0.0625. The molecule has 3 rings (SSSR count). The predicted molar refractivity (Wildman–Crippen MR) is 81.8 cm³/mol. The van der Waals surface area contributed by atoms with E-state index in [0.717, 1.165) is 16.3 Å². The van der Waals surface area contributed by atoms with Gasteiger partial charge in [0.2, 0.25) is 0 Å². The highest BCUT2D eigenvalue weighted by Crippen LogP contribution is 2.22. The molecule has 2 N–H and O–H groups in total. The van der Waals surface area contributed by atoms with Gasteiger partial charge in [-0.1, -0.05) is 42.5 Å². The Bertz CT molecular complexity index is 759. The quantitative estimate of drug-likeness (QED) is 0.743. The SMILES string of the molecule is Nc1ccsc1C(=O)OCc1cccc2ccccc12. The van der Waals surface area contributed by atoms with Gasteiger partial charge in [-0.25, -0.2) is 4.79 Å². The highest BCUT2D eigenvalue weighted by Gasteiger charge is 2.13. The number of carbonyl (C=O) groups is 1. The minimum absolute atomic E-state index is 0.248. The number of thiophene rings is 1. The van der Waals surface area contributed by atoms with E-state index in [-0.39, 0.29) is 12.6 Å². The van der Waals surface area contributed by atoms with Crippen molar-refractivity contribution in [2.75, 3.05) is 5.73 Å². The van der Waals surface area contributed by atoms with Crippen LogP contribution in [0.1, 0.15) is 15.2 Å². The van der Waals surface area contributed by atoms with Gasteiger partial charge in [-0.05, 0) is 27.8 Å². The van der Waals surface area contributed by atoms with E-state index < -0.39 is 0 Å². The van der Waals surface area contributed by atoms with Gasteiger partial charge in [0.25, 0.3) is 0 Å². The Balaban J connectivity index is 1.81. The Morgan fingerprint density at radius 2 is 1.90 bits per heavy atom. The van der Waals surface area contributed by atoms with E-state index in [1.807, 2.05) is 42.5 Å². The minimum Gasteiger partial charge on any atom is -0.457 e. The average molecular weight is 283 g/mol. The fourth-order valence-electron chi connectivity index (χ4n) is 2.11. The molecule has 3 aromatic rings. The molecular weight excluding hydrogens is 270 g/mol. The number of esters is 1. The van der Waals surface area contributed by atoms with Crippen molar-refractivity contribution in [3.8, 4) is 0 Å². The van der Waals surface area contributed by atoms with E-state index in [1.54, 1.807) is 11.4 Å². The maximum Gasteiger partial charge on any atom is 0.350 e. The molecule has 100 valence electrons. The van der Waals surface area contributed by atoms with Crippen LogP contribution in [0.3, 0.4) is 0 Å². The third-order valence-corrected chi connectivity index (χ3v) is 4.03. The van der Waals surface area contributed by atoms with Crippen molar-refractivity contribution in [2.24, 2.45) is 0 Å². The van der Waals surface area contributed by atoms with Crippen LogP contribution in [0.5, 0.6) is 0 Å². The van der Waals surface area contributed by atoms with Crippen LogP contribution in [-0.4, -0.2) is 5.97 Å². The number of hydrogen-bond donors (Lipinski definition) is 1. The first kappa shape index (κ1) is 12.7. The van der Waals surface area contributed by atoms with Crippen molar-refractivity contribution >= 4 is 33.8 Å². The number of ether oxygens (including phenoxy) is 1. The van der Waals surface area contributed by atoms with Crippen molar-refractivity contribution in [2.45, 2.75) is 6.61 Å². The first-order valence-corrected chi connectivity index (χ1v) is 7.10. The van der Waals surface area contributed by atoms with E-state index in [0.29, 0.717) is 10.6 Å². The Morgan fingerprint density at radius 1 is 1.10 bits per heavy atom. The largest absolute Gasteiger partial charge is 0.457 e. The van der Waals surface area contributed by atoms with Gasteiger partial charge >= 0.3 is 5.97 Å². The summed E-state index contributed by atoms with van der Waals surface area (Å²) in [6, 6.07) is 15.7. The molecule has 0 amide bonds. The van der Waals surface area contributed by atoms with Crippen LogP contribution in [0.2, 0.25) is 0 Å². The number of nitrogen functional groups attached to an aromatic ring is 1. The van der Waals surface area contributed by atoms with Gasteiger partial charge in [0, 0.05) is 0 Å². The number of fused-ring (bicyclic) bond motifs is 1. The third kappa shape index (κ3) is 2.38. The van der Waals surface area contributed by atoms with Crippen LogP contribution in [0.25, 0.3) is 10.8 Å². The molecule has 0 aliphatic carbocycles. The van der Waals surface area contributed by atoms with Crippen molar-refractivity contribution in [3.63, 3.8) is 0 Å². The number of carbonyl (C=O) groups excluding carboxylic acids is 1. The Morgan fingerprint density at radius 3 is 2.70 bits per heavy atom. The molecule has 0 radical (unpaired) electrons. The molecule has 0 saturated carbocycles. The second-order valence-corrected chi connectivity index (χ2v) is 5.34. The zero-order valence-corrected chi connectivity index (χ0v) is 11.5. The zero-order chi connectivity index (χ0) is 13.9. The topological polar surface area (TPSA) is 52.3 Å². The monoisotopic (exact) mass is 283 g/mol. The normalized spacial score (nSPS) is 10.6. The van der Waals surface area contributed by atoms with E-state index in [1.165, 1.54) is 11.3 Å². The summed E-state index contributed by atoms with van der Waals surface area (Å²) >= 11 is 1.30. The summed E-state index contributed by atoms with van der Waals surface area (Å²) < 4.78 is 5.35. The van der Waals surface area contributed by atoms with Crippen molar-refractivity contribution < 1.29 is 9.53 Å². The molecule has 4 heteroatoms. The highest BCUT2D eigenvalue weighted by molar-refractivity contribution is 7.12. The summed E-state index contributed by atoms with van der Waals surface area (Å²) in [5.41, 5.74) is 7.17. The summed E-state index contributed by atoms with van der Waals surface area (Å²) in [5.74, 6) is -0.370. The maximum atomic E-state index is 11.9. The molecule has 0 unspecified atom stereocenters. The molecule has 1 heterocycles. The molecule has 0 fully saturated rings. The number of hydrogen-bond acceptors (Lipinski definition) is 4. The van der Waals surface area contributed by atoms with Crippen LogP contribution in [0, 0.1) is 0 Å². The van der Waals surface area contributed by atoms with Gasteiger partial charge in [0.05, 0.1) is 5.69 Å². The number of benzene rings is 2. The molecule has 0 aliphatic heterocycles. The summed E-state index contributed by atoms with van der Waals surface area (Å²) in [6.45, 7) is 0.248. The summed E-state index contributed by atoms with van der Waals surface area (Å²) in [4.78, 5) is 12.4. The van der Waals surface area contributed by atoms with Crippen LogP contribution < -0.4 is 5.73 Å². The zero-order valence-electron chi connectivity index (χ0n) is 10.7. The van der Waals surface area contributed by atoms with E-state index >= 15 is 0 Å². The molecular formula is C16H13NO2S. The smallest absolute Gasteiger partial charge is 0.350 e. The van der Waals surface area contributed by atoms with E-state index in [9.17, 15) is 4.79 Å². The Labute approximate surface area is 120 Å². The molecule has 3 nitrogen and oxygen atoms in total. The predicted octanol–water partition coefficient (Wildman–Crippen LogP) is 3.84.